The average Bonchev–Trinajstić information content (AvgIpc) is 3.20. The summed E-state index contributed by atoms with van der Waals surface area (Å²) in [5, 5.41) is 8.63. The molecule has 3 aromatic heterocycles. The Bertz CT molecular complexity index is 1250. The first kappa shape index (κ1) is 20.3. The molecule has 1 unspecified atom stereocenters. The van der Waals surface area contributed by atoms with Gasteiger partial charge in [-0.25, -0.2) is 14.6 Å². The van der Waals surface area contributed by atoms with Crippen LogP contribution in [0.2, 0.25) is 0 Å². The fourth-order valence-corrected chi connectivity index (χ4v) is 3.13. The molecule has 0 saturated heterocycles. The lowest BCUT2D eigenvalue weighted by molar-refractivity contribution is -0.0503. The molecule has 1 aromatic carbocycles. The zero-order valence-electron chi connectivity index (χ0n) is 16.7. The highest BCUT2D eigenvalue weighted by atomic mass is 19.3. The van der Waals surface area contributed by atoms with Gasteiger partial charge in [-0.1, -0.05) is 25.1 Å². The van der Waals surface area contributed by atoms with E-state index in [0.29, 0.717) is 17.1 Å². The molecule has 4 aromatic rings. The lowest BCUT2D eigenvalue weighted by Crippen LogP contribution is -2.18. The van der Waals surface area contributed by atoms with E-state index in [4.69, 9.17) is 0 Å². The fourth-order valence-electron chi connectivity index (χ4n) is 3.13. The first-order valence-corrected chi connectivity index (χ1v) is 9.37. The van der Waals surface area contributed by atoms with Gasteiger partial charge in [-0.05, 0) is 11.6 Å². The first-order valence-electron chi connectivity index (χ1n) is 9.37. The van der Waals surface area contributed by atoms with Crippen molar-refractivity contribution in [1.82, 2.24) is 29.5 Å². The predicted octanol–water partition coefficient (Wildman–Crippen LogP) is 3.18. The molecule has 3 heterocycles. The van der Waals surface area contributed by atoms with Crippen LogP contribution in [0.15, 0.2) is 66.1 Å². The highest BCUT2D eigenvalue weighted by molar-refractivity contribution is 5.57. The van der Waals surface area contributed by atoms with E-state index in [0.717, 1.165) is 11.3 Å². The topological polar surface area (TPSA) is 87.7 Å². The van der Waals surface area contributed by atoms with Crippen molar-refractivity contribution in [2.45, 2.75) is 19.5 Å². The number of hydrogen-bond acceptors (Lipinski definition) is 6. The molecule has 10 heteroatoms. The number of nitrogens with zero attached hydrogens (tertiary/aromatic N) is 6. The summed E-state index contributed by atoms with van der Waals surface area (Å²) in [6.07, 6.45) is 7.44. The summed E-state index contributed by atoms with van der Waals surface area (Å²) in [5.74, 6) is -0.0739. The molecule has 0 saturated carbocycles. The predicted molar refractivity (Wildman–Crippen MR) is 108 cm³/mol. The minimum Gasteiger partial charge on any atom is -0.432 e. The van der Waals surface area contributed by atoms with Gasteiger partial charge in [-0.15, -0.1) is 0 Å². The van der Waals surface area contributed by atoms with Crippen LogP contribution in [0, 0.1) is 0 Å². The molecule has 0 bridgehead atoms. The largest absolute Gasteiger partial charge is 0.432 e. The summed E-state index contributed by atoms with van der Waals surface area (Å²) in [6.45, 7) is -1.05. The van der Waals surface area contributed by atoms with Crippen LogP contribution in [0.25, 0.3) is 17.1 Å². The molecule has 4 rings (SSSR count). The summed E-state index contributed by atoms with van der Waals surface area (Å²) in [5.41, 5.74) is 2.45. The number of halogens is 2. The van der Waals surface area contributed by atoms with Crippen molar-refractivity contribution in [3.63, 3.8) is 0 Å². The molecule has 1 atom stereocenters. The smallest absolute Gasteiger partial charge is 0.387 e. The second-order valence-electron chi connectivity index (χ2n) is 6.85. The Kier molecular flexibility index (Phi) is 5.52. The Labute approximate surface area is 175 Å². The van der Waals surface area contributed by atoms with Crippen molar-refractivity contribution in [3.05, 3.63) is 82.8 Å². The Morgan fingerprint density at radius 2 is 1.87 bits per heavy atom. The van der Waals surface area contributed by atoms with Gasteiger partial charge in [0, 0.05) is 30.8 Å². The van der Waals surface area contributed by atoms with Gasteiger partial charge in [-0.2, -0.15) is 19.0 Å². The number of aryl methyl sites for hydroxylation is 1. The van der Waals surface area contributed by atoms with E-state index in [1.165, 1.54) is 18.5 Å². The molecule has 0 radical (unpaired) electrons. The van der Waals surface area contributed by atoms with Crippen LogP contribution in [-0.4, -0.2) is 36.1 Å². The number of benzene rings is 1. The van der Waals surface area contributed by atoms with E-state index in [9.17, 15) is 13.6 Å². The van der Waals surface area contributed by atoms with Gasteiger partial charge < -0.3 is 4.74 Å². The lowest BCUT2D eigenvalue weighted by atomic mass is 9.95. The van der Waals surface area contributed by atoms with Gasteiger partial charge in [0.2, 0.25) is 5.43 Å². The van der Waals surface area contributed by atoms with Crippen LogP contribution >= 0.6 is 0 Å². The molecule has 8 nitrogen and oxygen atoms in total. The molecule has 0 aliphatic heterocycles. The normalized spacial score (nSPS) is 12.2. The SMILES string of the molecule is CC(c1cccc(-c2ncc(OC(F)F)cn2)c1)c1nn(-c2cnn(C)c2)ccc1=O. The standard InChI is InChI=1S/C21H18F2N6O2/c1-13(19-18(30)6-7-29(27-19)16-9-26-28(2)12-16)14-4-3-5-15(8-14)20-24-10-17(11-25-20)31-21(22)23/h3-13,21H,1-2H3. The minimum absolute atomic E-state index is 0.118. The van der Waals surface area contributed by atoms with Crippen molar-refractivity contribution in [2.24, 2.45) is 7.05 Å². The van der Waals surface area contributed by atoms with E-state index in [2.05, 4.69) is 24.9 Å². The van der Waals surface area contributed by atoms with E-state index >= 15 is 0 Å². The zero-order chi connectivity index (χ0) is 22.0. The van der Waals surface area contributed by atoms with Crippen LogP contribution in [0.5, 0.6) is 5.75 Å². The number of rotatable bonds is 6. The van der Waals surface area contributed by atoms with Crippen molar-refractivity contribution in [1.29, 1.82) is 0 Å². The van der Waals surface area contributed by atoms with Crippen molar-refractivity contribution in [2.75, 3.05) is 0 Å². The third-order valence-electron chi connectivity index (χ3n) is 4.70. The van der Waals surface area contributed by atoms with Crippen LogP contribution in [0.3, 0.4) is 0 Å². The van der Waals surface area contributed by atoms with Gasteiger partial charge in [0.05, 0.1) is 24.8 Å². The van der Waals surface area contributed by atoms with E-state index in [1.807, 2.05) is 25.1 Å². The van der Waals surface area contributed by atoms with Crippen LogP contribution in [0.4, 0.5) is 8.78 Å². The van der Waals surface area contributed by atoms with Crippen molar-refractivity contribution in [3.8, 4) is 22.8 Å². The zero-order valence-corrected chi connectivity index (χ0v) is 16.7. The number of alkyl halides is 2. The molecule has 0 aliphatic rings. The second-order valence-corrected chi connectivity index (χ2v) is 6.85. The molecular formula is C21H18F2N6O2. The molecule has 0 N–H and O–H groups in total. The third-order valence-corrected chi connectivity index (χ3v) is 4.70. The van der Waals surface area contributed by atoms with Gasteiger partial charge in [-0.3, -0.25) is 9.48 Å². The van der Waals surface area contributed by atoms with E-state index in [-0.39, 0.29) is 17.1 Å². The molecule has 0 spiro atoms. The minimum atomic E-state index is -2.94. The van der Waals surface area contributed by atoms with Crippen LogP contribution < -0.4 is 10.2 Å². The maximum absolute atomic E-state index is 12.5. The van der Waals surface area contributed by atoms with E-state index < -0.39 is 6.61 Å². The quantitative estimate of drug-likeness (QED) is 0.473. The Hall–Kier alpha value is -3.95. The fraction of sp³-hybridized carbons (Fsp3) is 0.190. The summed E-state index contributed by atoms with van der Waals surface area (Å²) in [6, 6.07) is 8.81. The van der Waals surface area contributed by atoms with Gasteiger partial charge in [0.25, 0.3) is 0 Å². The first-order chi connectivity index (χ1) is 14.9. The number of aromatic nitrogens is 6. The van der Waals surface area contributed by atoms with Crippen LogP contribution in [0.1, 0.15) is 24.1 Å². The molecule has 158 valence electrons. The Morgan fingerprint density at radius 3 is 2.55 bits per heavy atom. The van der Waals surface area contributed by atoms with Crippen molar-refractivity contribution < 1.29 is 13.5 Å². The molecular weight excluding hydrogens is 406 g/mol. The summed E-state index contributed by atoms with van der Waals surface area (Å²) < 4.78 is 32.1. The summed E-state index contributed by atoms with van der Waals surface area (Å²) in [4.78, 5) is 20.7. The molecule has 31 heavy (non-hydrogen) atoms. The second kappa shape index (κ2) is 8.42. The summed E-state index contributed by atoms with van der Waals surface area (Å²) >= 11 is 0. The van der Waals surface area contributed by atoms with Crippen LogP contribution in [-0.2, 0) is 7.05 Å². The highest BCUT2D eigenvalue weighted by Crippen LogP contribution is 2.25. The molecule has 0 fully saturated rings. The molecule has 0 amide bonds. The monoisotopic (exact) mass is 424 g/mol. The average molecular weight is 424 g/mol. The molecule has 0 aliphatic carbocycles. The Morgan fingerprint density at radius 1 is 1.10 bits per heavy atom. The third kappa shape index (κ3) is 4.47. The van der Waals surface area contributed by atoms with Gasteiger partial charge in [0.15, 0.2) is 11.6 Å². The maximum atomic E-state index is 12.5. The highest BCUT2D eigenvalue weighted by Gasteiger charge is 2.16. The van der Waals surface area contributed by atoms with Gasteiger partial charge in [0.1, 0.15) is 11.4 Å². The lowest BCUT2D eigenvalue weighted by Gasteiger charge is -2.13. The van der Waals surface area contributed by atoms with E-state index in [1.54, 1.807) is 41.1 Å². The summed E-state index contributed by atoms with van der Waals surface area (Å²) in [7, 11) is 1.80. The number of hydrogen-bond donors (Lipinski definition) is 0. The van der Waals surface area contributed by atoms with Gasteiger partial charge >= 0.3 is 6.61 Å². The maximum Gasteiger partial charge on any atom is 0.387 e. The Balaban J connectivity index is 1.64. The number of ether oxygens (including phenoxy) is 1. The van der Waals surface area contributed by atoms with Crippen molar-refractivity contribution >= 4 is 0 Å².